The lowest BCUT2D eigenvalue weighted by Gasteiger charge is -2.35. The number of amides is 1. The number of ketones is 1. The van der Waals surface area contributed by atoms with E-state index in [-0.39, 0.29) is 30.5 Å². The van der Waals surface area contributed by atoms with E-state index in [9.17, 15) is 14.4 Å². The molecule has 0 aromatic carbocycles. The number of carbonyl (C=O) groups excluding carboxylic acids is 3. The maximum absolute atomic E-state index is 12.2. The SMILES string of the molecule is COC(=O)C1(NC(=O)CCC(=O)c2ccc(C)s2)CCCCC1. The van der Waals surface area contributed by atoms with Crippen LogP contribution >= 0.6 is 11.3 Å². The second kappa shape index (κ2) is 7.73. The molecule has 1 aromatic rings. The van der Waals surface area contributed by atoms with Crippen LogP contribution in [0.3, 0.4) is 0 Å². The second-order valence-corrected chi connectivity index (χ2v) is 7.30. The smallest absolute Gasteiger partial charge is 0.331 e. The van der Waals surface area contributed by atoms with Crippen LogP contribution in [0.1, 0.15) is 59.5 Å². The second-order valence-electron chi connectivity index (χ2n) is 6.02. The molecule has 0 spiro atoms. The summed E-state index contributed by atoms with van der Waals surface area (Å²) in [4.78, 5) is 38.1. The number of thiophene rings is 1. The third kappa shape index (κ3) is 4.41. The van der Waals surface area contributed by atoms with Crippen molar-refractivity contribution in [1.82, 2.24) is 5.32 Å². The van der Waals surface area contributed by atoms with Gasteiger partial charge in [0.05, 0.1) is 12.0 Å². The molecule has 0 radical (unpaired) electrons. The molecule has 1 fully saturated rings. The highest BCUT2D eigenvalue weighted by Crippen LogP contribution is 2.29. The molecule has 1 aliphatic carbocycles. The van der Waals surface area contributed by atoms with Gasteiger partial charge in [0.2, 0.25) is 5.91 Å². The summed E-state index contributed by atoms with van der Waals surface area (Å²) < 4.78 is 4.87. The highest BCUT2D eigenvalue weighted by atomic mass is 32.1. The Labute approximate surface area is 140 Å². The minimum absolute atomic E-state index is 0.0333. The van der Waals surface area contributed by atoms with E-state index in [0.29, 0.717) is 17.7 Å². The summed E-state index contributed by atoms with van der Waals surface area (Å²) in [5.41, 5.74) is -0.910. The first-order valence-electron chi connectivity index (χ1n) is 7.96. The van der Waals surface area contributed by atoms with E-state index >= 15 is 0 Å². The van der Waals surface area contributed by atoms with Gasteiger partial charge in [0.15, 0.2) is 5.78 Å². The molecular weight excluding hydrogens is 314 g/mol. The zero-order chi connectivity index (χ0) is 16.9. The predicted octanol–water partition coefficient (Wildman–Crippen LogP) is 3.01. The molecule has 2 rings (SSSR count). The molecule has 1 aromatic heterocycles. The van der Waals surface area contributed by atoms with Gasteiger partial charge in [0.25, 0.3) is 0 Å². The number of aryl methyl sites for hydroxylation is 1. The molecule has 1 N–H and O–H groups in total. The quantitative estimate of drug-likeness (QED) is 0.640. The van der Waals surface area contributed by atoms with Gasteiger partial charge in [0.1, 0.15) is 5.54 Å². The van der Waals surface area contributed by atoms with E-state index < -0.39 is 5.54 Å². The van der Waals surface area contributed by atoms with Gasteiger partial charge >= 0.3 is 5.97 Å². The molecule has 0 atom stereocenters. The van der Waals surface area contributed by atoms with Gasteiger partial charge < -0.3 is 10.1 Å². The summed E-state index contributed by atoms with van der Waals surface area (Å²) >= 11 is 1.44. The zero-order valence-electron chi connectivity index (χ0n) is 13.6. The predicted molar refractivity (Wildman–Crippen MR) is 88.6 cm³/mol. The Bertz CT molecular complexity index is 587. The number of esters is 1. The van der Waals surface area contributed by atoms with Crippen molar-refractivity contribution < 1.29 is 19.1 Å². The molecule has 0 saturated heterocycles. The van der Waals surface area contributed by atoms with Crippen LogP contribution in [0, 0.1) is 6.92 Å². The average molecular weight is 337 g/mol. The Hall–Kier alpha value is -1.69. The van der Waals surface area contributed by atoms with E-state index in [0.717, 1.165) is 24.1 Å². The molecule has 6 heteroatoms. The van der Waals surface area contributed by atoms with Crippen LogP contribution in [0.5, 0.6) is 0 Å². The molecule has 0 unspecified atom stereocenters. The number of ether oxygens (including phenoxy) is 1. The number of carbonyl (C=O) groups is 3. The number of hydrogen-bond donors (Lipinski definition) is 1. The average Bonchev–Trinajstić information content (AvgIpc) is 2.99. The summed E-state index contributed by atoms with van der Waals surface area (Å²) in [6.07, 6.45) is 4.29. The van der Waals surface area contributed by atoms with E-state index in [1.807, 2.05) is 13.0 Å². The Balaban J connectivity index is 1.91. The zero-order valence-corrected chi connectivity index (χ0v) is 14.5. The first-order valence-corrected chi connectivity index (χ1v) is 8.77. The molecule has 5 nitrogen and oxygen atoms in total. The Morgan fingerprint density at radius 3 is 2.43 bits per heavy atom. The lowest BCUT2D eigenvalue weighted by Crippen LogP contribution is -2.56. The van der Waals surface area contributed by atoms with Crippen LogP contribution in [-0.4, -0.2) is 30.3 Å². The highest BCUT2D eigenvalue weighted by Gasteiger charge is 2.41. The lowest BCUT2D eigenvalue weighted by atomic mass is 9.81. The standard InChI is InChI=1S/C17H23NO4S/c1-12-6-8-14(23-12)13(19)7-9-15(20)18-17(16(21)22-2)10-4-3-5-11-17/h6,8H,3-5,7,9-11H2,1-2H3,(H,18,20). The van der Waals surface area contributed by atoms with Gasteiger partial charge in [-0.05, 0) is 31.9 Å². The third-order valence-corrected chi connectivity index (χ3v) is 5.30. The van der Waals surface area contributed by atoms with Crippen LogP contribution in [0.2, 0.25) is 0 Å². The maximum atomic E-state index is 12.2. The molecule has 0 bridgehead atoms. The monoisotopic (exact) mass is 337 g/mol. The molecule has 1 saturated carbocycles. The van der Waals surface area contributed by atoms with E-state index in [1.54, 1.807) is 6.07 Å². The fraction of sp³-hybridized carbons (Fsp3) is 0.588. The van der Waals surface area contributed by atoms with E-state index in [1.165, 1.54) is 18.4 Å². The lowest BCUT2D eigenvalue weighted by molar-refractivity contribution is -0.152. The van der Waals surface area contributed by atoms with Crippen molar-refractivity contribution in [2.75, 3.05) is 7.11 Å². The number of nitrogens with one attached hydrogen (secondary N) is 1. The maximum Gasteiger partial charge on any atom is 0.331 e. The number of methoxy groups -OCH3 is 1. The summed E-state index contributed by atoms with van der Waals surface area (Å²) in [6, 6.07) is 3.68. The summed E-state index contributed by atoms with van der Waals surface area (Å²) in [5, 5.41) is 2.83. The number of Topliss-reactive ketones (excluding diaryl/α,β-unsaturated/α-hetero) is 1. The Kier molecular flexibility index (Phi) is 5.93. The van der Waals surface area contributed by atoms with Gasteiger partial charge in [-0.25, -0.2) is 4.79 Å². The fourth-order valence-electron chi connectivity index (χ4n) is 2.99. The van der Waals surface area contributed by atoms with Crippen LogP contribution in [0.4, 0.5) is 0 Å². The minimum Gasteiger partial charge on any atom is -0.467 e. The summed E-state index contributed by atoms with van der Waals surface area (Å²) in [7, 11) is 1.34. The van der Waals surface area contributed by atoms with Crippen LogP contribution in [-0.2, 0) is 14.3 Å². The van der Waals surface area contributed by atoms with Crippen molar-refractivity contribution in [2.24, 2.45) is 0 Å². The molecule has 1 amide bonds. The molecule has 23 heavy (non-hydrogen) atoms. The molecule has 126 valence electrons. The highest BCUT2D eigenvalue weighted by molar-refractivity contribution is 7.14. The Morgan fingerprint density at radius 2 is 1.87 bits per heavy atom. The van der Waals surface area contributed by atoms with Crippen molar-refractivity contribution in [3.05, 3.63) is 21.9 Å². The van der Waals surface area contributed by atoms with Gasteiger partial charge in [-0.1, -0.05) is 19.3 Å². The summed E-state index contributed by atoms with van der Waals surface area (Å²) in [6.45, 7) is 1.94. The molecular formula is C17H23NO4S. The first-order chi connectivity index (χ1) is 11.0. The van der Waals surface area contributed by atoms with E-state index in [2.05, 4.69) is 5.32 Å². The van der Waals surface area contributed by atoms with Crippen molar-refractivity contribution in [3.8, 4) is 0 Å². The number of rotatable bonds is 6. The van der Waals surface area contributed by atoms with Crippen molar-refractivity contribution in [3.63, 3.8) is 0 Å². The van der Waals surface area contributed by atoms with Gasteiger partial charge in [-0.15, -0.1) is 11.3 Å². The summed E-state index contributed by atoms with van der Waals surface area (Å²) in [5.74, 6) is -0.682. The van der Waals surface area contributed by atoms with Gasteiger partial charge in [-0.2, -0.15) is 0 Å². The largest absolute Gasteiger partial charge is 0.467 e. The van der Waals surface area contributed by atoms with Gasteiger partial charge in [0, 0.05) is 17.7 Å². The van der Waals surface area contributed by atoms with E-state index in [4.69, 9.17) is 4.74 Å². The first kappa shape index (κ1) is 17.7. The Morgan fingerprint density at radius 1 is 1.17 bits per heavy atom. The molecule has 1 aliphatic rings. The third-order valence-electron chi connectivity index (χ3n) is 4.26. The van der Waals surface area contributed by atoms with Crippen LogP contribution < -0.4 is 5.32 Å². The van der Waals surface area contributed by atoms with Crippen molar-refractivity contribution in [1.29, 1.82) is 0 Å². The molecule has 0 aliphatic heterocycles. The van der Waals surface area contributed by atoms with Crippen molar-refractivity contribution in [2.45, 2.75) is 57.4 Å². The van der Waals surface area contributed by atoms with Crippen LogP contribution in [0.15, 0.2) is 12.1 Å². The van der Waals surface area contributed by atoms with Gasteiger partial charge in [-0.3, -0.25) is 9.59 Å². The topological polar surface area (TPSA) is 72.5 Å². The fourth-order valence-corrected chi connectivity index (χ4v) is 3.83. The minimum atomic E-state index is -0.910. The van der Waals surface area contributed by atoms with Crippen molar-refractivity contribution >= 4 is 29.0 Å². The number of hydrogen-bond acceptors (Lipinski definition) is 5. The normalized spacial score (nSPS) is 16.6. The van der Waals surface area contributed by atoms with Crippen LogP contribution in [0.25, 0.3) is 0 Å². The molecule has 1 heterocycles.